The number of fused-ring (bicyclic) bond motifs is 1. The second kappa shape index (κ2) is 8.53. The van der Waals surface area contributed by atoms with Crippen molar-refractivity contribution in [1.82, 2.24) is 4.90 Å². The summed E-state index contributed by atoms with van der Waals surface area (Å²) in [4.78, 5) is 2.54. The van der Waals surface area contributed by atoms with E-state index in [-0.39, 0.29) is 16.9 Å². The Morgan fingerprint density at radius 2 is 1.38 bits per heavy atom. The lowest BCUT2D eigenvalue weighted by Gasteiger charge is -2.37. The van der Waals surface area contributed by atoms with Crippen molar-refractivity contribution in [3.63, 3.8) is 0 Å². The van der Waals surface area contributed by atoms with Crippen LogP contribution in [-0.2, 0) is 15.6 Å². The molecule has 3 aromatic carbocycles. The highest BCUT2D eigenvalue weighted by Crippen LogP contribution is 2.43. The second-order valence-electron chi connectivity index (χ2n) is 11.1. The van der Waals surface area contributed by atoms with Crippen LogP contribution >= 0.6 is 0 Å². The van der Waals surface area contributed by atoms with E-state index in [1.807, 2.05) is 0 Å². The average Bonchev–Trinajstić information content (AvgIpc) is 2.74. The van der Waals surface area contributed by atoms with Crippen LogP contribution in [0, 0.1) is 0 Å². The Kier molecular flexibility index (Phi) is 6.08. The summed E-state index contributed by atoms with van der Waals surface area (Å²) in [5.74, 6) is 0.437. The molecule has 3 aromatic rings. The lowest BCUT2D eigenvalue weighted by Crippen LogP contribution is -2.39. The fourth-order valence-corrected chi connectivity index (χ4v) is 4.87. The first-order valence-corrected chi connectivity index (χ1v) is 11.7. The first-order valence-electron chi connectivity index (χ1n) is 11.7. The first-order chi connectivity index (χ1) is 15.1. The highest BCUT2D eigenvalue weighted by molar-refractivity contribution is 5.86. The molecule has 0 unspecified atom stereocenters. The lowest BCUT2D eigenvalue weighted by molar-refractivity contribution is 0.0241. The van der Waals surface area contributed by atoms with E-state index in [9.17, 15) is 5.11 Å². The molecule has 0 bridgehead atoms. The highest BCUT2D eigenvalue weighted by Gasteiger charge is 2.31. The Morgan fingerprint density at radius 3 is 1.97 bits per heavy atom. The van der Waals surface area contributed by atoms with Crippen LogP contribution in [0.25, 0.3) is 10.8 Å². The molecular formula is C29H37NO2. The van der Waals surface area contributed by atoms with E-state index in [1.54, 1.807) is 0 Å². The molecule has 1 heterocycles. The molecule has 1 saturated heterocycles. The van der Waals surface area contributed by atoms with Crippen molar-refractivity contribution in [3.05, 3.63) is 76.9 Å². The molecule has 170 valence electrons. The van der Waals surface area contributed by atoms with Gasteiger partial charge in [-0.25, -0.2) is 0 Å². The first kappa shape index (κ1) is 22.8. The van der Waals surface area contributed by atoms with Gasteiger partial charge in [-0.2, -0.15) is 0 Å². The van der Waals surface area contributed by atoms with E-state index in [4.69, 9.17) is 4.74 Å². The summed E-state index contributed by atoms with van der Waals surface area (Å²) in [6.07, 6.45) is 0. The van der Waals surface area contributed by atoms with Crippen LogP contribution in [0.1, 0.15) is 69.8 Å². The number of hydrogen-bond acceptors (Lipinski definition) is 3. The van der Waals surface area contributed by atoms with Crippen LogP contribution in [0.5, 0.6) is 5.75 Å². The molecule has 0 radical (unpaired) electrons. The monoisotopic (exact) mass is 431 g/mol. The van der Waals surface area contributed by atoms with Crippen molar-refractivity contribution >= 4 is 10.8 Å². The minimum absolute atomic E-state index is 0.104. The van der Waals surface area contributed by atoms with Crippen LogP contribution in [0.15, 0.2) is 54.6 Å². The molecule has 1 N–H and O–H groups in total. The van der Waals surface area contributed by atoms with Crippen molar-refractivity contribution in [1.29, 1.82) is 0 Å². The fraction of sp³-hybridized carbons (Fsp3) is 0.448. The van der Waals surface area contributed by atoms with Gasteiger partial charge in [0, 0.05) is 13.1 Å². The van der Waals surface area contributed by atoms with Crippen LogP contribution in [0.2, 0.25) is 0 Å². The third-order valence-electron chi connectivity index (χ3n) is 6.59. The van der Waals surface area contributed by atoms with Gasteiger partial charge < -0.3 is 9.84 Å². The maximum absolute atomic E-state index is 11.3. The maximum atomic E-state index is 11.3. The fourth-order valence-electron chi connectivity index (χ4n) is 4.87. The van der Waals surface area contributed by atoms with Gasteiger partial charge in [0.1, 0.15) is 5.75 Å². The molecule has 0 aliphatic carbocycles. The number of aromatic hydroxyl groups is 1. The maximum Gasteiger partial charge on any atom is 0.123 e. The van der Waals surface area contributed by atoms with Crippen molar-refractivity contribution in [2.45, 2.75) is 58.4 Å². The predicted molar refractivity (Wildman–Crippen MR) is 134 cm³/mol. The summed E-state index contributed by atoms with van der Waals surface area (Å²) in [5, 5.41) is 13.8. The molecule has 0 amide bonds. The Hall–Kier alpha value is -2.36. The molecule has 32 heavy (non-hydrogen) atoms. The largest absolute Gasteiger partial charge is 0.507 e. The van der Waals surface area contributed by atoms with Crippen LogP contribution < -0.4 is 0 Å². The molecule has 1 fully saturated rings. The van der Waals surface area contributed by atoms with E-state index in [0.29, 0.717) is 5.75 Å². The number of phenols is 1. The van der Waals surface area contributed by atoms with Crippen molar-refractivity contribution in [3.8, 4) is 5.75 Å². The van der Waals surface area contributed by atoms with Crippen LogP contribution in [0.4, 0.5) is 0 Å². The number of morpholine rings is 1. The van der Waals surface area contributed by atoms with E-state index < -0.39 is 0 Å². The molecule has 3 nitrogen and oxygen atoms in total. The zero-order valence-corrected chi connectivity index (χ0v) is 20.4. The van der Waals surface area contributed by atoms with Gasteiger partial charge in [-0.15, -0.1) is 0 Å². The van der Waals surface area contributed by atoms with Gasteiger partial charge in [0.2, 0.25) is 0 Å². The molecule has 4 rings (SSSR count). The summed E-state index contributed by atoms with van der Waals surface area (Å²) >= 11 is 0. The highest BCUT2D eigenvalue weighted by atomic mass is 16.5. The summed E-state index contributed by atoms with van der Waals surface area (Å²) < 4.78 is 5.70. The van der Waals surface area contributed by atoms with Gasteiger partial charge in [-0.05, 0) is 56.0 Å². The zero-order chi connectivity index (χ0) is 23.1. The van der Waals surface area contributed by atoms with Crippen molar-refractivity contribution in [2.24, 2.45) is 0 Å². The van der Waals surface area contributed by atoms with Gasteiger partial charge in [-0.1, -0.05) is 84.0 Å². The van der Waals surface area contributed by atoms with E-state index in [2.05, 4.69) is 101 Å². The van der Waals surface area contributed by atoms with Gasteiger partial charge in [0.05, 0.1) is 19.3 Å². The lowest BCUT2D eigenvalue weighted by atomic mass is 9.77. The van der Waals surface area contributed by atoms with Gasteiger partial charge >= 0.3 is 0 Å². The summed E-state index contributed by atoms with van der Waals surface area (Å²) in [6, 6.07) is 19.9. The molecule has 3 heteroatoms. The number of ether oxygens (including phenoxy) is 1. The van der Waals surface area contributed by atoms with Crippen LogP contribution in [-0.4, -0.2) is 36.3 Å². The SMILES string of the molecule is CC(C)(C)c1cc([C@@H](c2cccc3ccccc23)N2CCOCC2)cc(C(C)(C)C)c1O. The van der Waals surface area contributed by atoms with E-state index in [0.717, 1.165) is 37.4 Å². The van der Waals surface area contributed by atoms with Crippen molar-refractivity contribution < 1.29 is 9.84 Å². The molecule has 0 spiro atoms. The van der Waals surface area contributed by atoms with Gasteiger partial charge in [0.15, 0.2) is 0 Å². The minimum Gasteiger partial charge on any atom is -0.507 e. The van der Waals surface area contributed by atoms with E-state index >= 15 is 0 Å². The molecule has 1 atom stereocenters. The third kappa shape index (κ3) is 4.42. The number of hydrogen-bond donors (Lipinski definition) is 1. The number of phenolic OH excluding ortho intramolecular Hbond substituents is 1. The normalized spacial score (nSPS) is 16.9. The van der Waals surface area contributed by atoms with Crippen molar-refractivity contribution in [2.75, 3.05) is 26.3 Å². The van der Waals surface area contributed by atoms with E-state index in [1.165, 1.54) is 21.9 Å². The van der Waals surface area contributed by atoms with Gasteiger partial charge in [0.25, 0.3) is 0 Å². The smallest absolute Gasteiger partial charge is 0.123 e. The molecular weight excluding hydrogens is 394 g/mol. The topological polar surface area (TPSA) is 32.7 Å². The van der Waals surface area contributed by atoms with Gasteiger partial charge in [-0.3, -0.25) is 4.90 Å². The average molecular weight is 432 g/mol. The Balaban J connectivity index is 2.00. The van der Waals surface area contributed by atoms with Crippen LogP contribution in [0.3, 0.4) is 0 Å². The zero-order valence-electron chi connectivity index (χ0n) is 20.4. The Labute approximate surface area is 193 Å². The molecule has 0 aromatic heterocycles. The summed E-state index contributed by atoms with van der Waals surface area (Å²) in [6.45, 7) is 16.4. The third-order valence-corrected chi connectivity index (χ3v) is 6.59. The summed E-state index contributed by atoms with van der Waals surface area (Å²) in [5.41, 5.74) is 4.27. The molecule has 0 saturated carbocycles. The molecule has 1 aliphatic heterocycles. The Morgan fingerprint density at radius 1 is 0.812 bits per heavy atom. The Bertz CT molecular complexity index is 1060. The predicted octanol–water partition coefficient (Wildman–Crippen LogP) is 6.56. The minimum atomic E-state index is -0.158. The molecule has 1 aliphatic rings. The number of benzene rings is 3. The quantitative estimate of drug-likeness (QED) is 0.509. The standard InChI is InChI=1S/C29H37NO2/c1-28(2,3)24-18-21(19-25(27(24)31)29(4,5)6)26(30-14-16-32-17-15-30)23-13-9-11-20-10-7-8-12-22(20)23/h7-13,18-19,26,31H,14-17H2,1-6H3/t26-/m0/s1. The number of rotatable bonds is 3. The summed E-state index contributed by atoms with van der Waals surface area (Å²) in [7, 11) is 0. The second-order valence-corrected chi connectivity index (χ2v) is 11.1. The number of nitrogens with zero attached hydrogens (tertiary/aromatic N) is 1.